The largest absolute Gasteiger partial charge is 0.489 e. The van der Waals surface area contributed by atoms with Crippen LogP contribution in [-0.2, 0) is 11.4 Å². The maximum absolute atomic E-state index is 13.1. The van der Waals surface area contributed by atoms with Gasteiger partial charge in [0.1, 0.15) is 18.2 Å². The van der Waals surface area contributed by atoms with E-state index in [1.807, 2.05) is 30.3 Å². The summed E-state index contributed by atoms with van der Waals surface area (Å²) in [5.74, 6) is 1.74. The molecule has 2 aromatic carbocycles. The number of benzene rings is 2. The van der Waals surface area contributed by atoms with E-state index in [1.165, 1.54) is 12.1 Å². The predicted molar refractivity (Wildman–Crippen MR) is 93.4 cm³/mol. The van der Waals surface area contributed by atoms with E-state index in [0.29, 0.717) is 12.4 Å². The lowest BCUT2D eigenvalue weighted by atomic mass is 10.1. The standard InChI is InChI=1S/C18H19FN2O2S/c19-14-3-1-2-12(8-14)9-23-15-6-4-13(5-7-15)16-10-24-11-17(21-16)18(20)22/h1-8,16-17,21H,9-11H2,(H2,20,22)/t16-,17+/m1/s1. The molecule has 0 aliphatic carbocycles. The molecule has 126 valence electrons. The van der Waals surface area contributed by atoms with Crippen LogP contribution in [0, 0.1) is 5.82 Å². The van der Waals surface area contributed by atoms with Gasteiger partial charge >= 0.3 is 0 Å². The van der Waals surface area contributed by atoms with Crippen LogP contribution in [0.2, 0.25) is 0 Å². The van der Waals surface area contributed by atoms with E-state index in [2.05, 4.69) is 5.32 Å². The summed E-state index contributed by atoms with van der Waals surface area (Å²) in [5, 5.41) is 3.27. The summed E-state index contributed by atoms with van der Waals surface area (Å²) >= 11 is 1.72. The van der Waals surface area contributed by atoms with Crippen molar-refractivity contribution in [3.05, 3.63) is 65.5 Å². The second kappa shape index (κ2) is 7.68. The van der Waals surface area contributed by atoms with E-state index in [9.17, 15) is 9.18 Å². The number of nitrogens with one attached hydrogen (secondary N) is 1. The third-order valence-corrected chi connectivity index (χ3v) is 5.03. The average Bonchev–Trinajstić information content (AvgIpc) is 2.60. The number of hydrogen-bond acceptors (Lipinski definition) is 4. The third-order valence-electron chi connectivity index (χ3n) is 3.89. The molecule has 1 saturated heterocycles. The number of halogens is 1. The number of carbonyl (C=O) groups excluding carboxylic acids is 1. The molecule has 1 aliphatic rings. The van der Waals surface area contributed by atoms with E-state index in [-0.39, 0.29) is 23.8 Å². The van der Waals surface area contributed by atoms with E-state index < -0.39 is 0 Å². The molecule has 3 rings (SSSR count). The number of amides is 1. The summed E-state index contributed by atoms with van der Waals surface area (Å²) in [6, 6.07) is 13.9. The van der Waals surface area contributed by atoms with E-state index in [1.54, 1.807) is 17.8 Å². The molecule has 3 N–H and O–H groups in total. The Morgan fingerprint density at radius 2 is 2.04 bits per heavy atom. The number of carbonyl (C=O) groups is 1. The highest BCUT2D eigenvalue weighted by atomic mass is 32.2. The summed E-state index contributed by atoms with van der Waals surface area (Å²) in [6.45, 7) is 0.318. The number of nitrogens with two attached hydrogens (primary N) is 1. The molecule has 0 bridgehead atoms. The fraction of sp³-hybridized carbons (Fsp3) is 0.278. The van der Waals surface area contributed by atoms with Gasteiger partial charge in [-0.1, -0.05) is 24.3 Å². The number of thioether (sulfide) groups is 1. The molecule has 0 saturated carbocycles. The molecule has 2 aromatic rings. The van der Waals surface area contributed by atoms with Crippen LogP contribution in [0.1, 0.15) is 17.2 Å². The number of rotatable bonds is 5. The van der Waals surface area contributed by atoms with Crippen LogP contribution in [-0.4, -0.2) is 23.5 Å². The molecule has 2 atom stereocenters. The van der Waals surface area contributed by atoms with Crippen molar-refractivity contribution >= 4 is 17.7 Å². The van der Waals surface area contributed by atoms with Crippen LogP contribution in [0.5, 0.6) is 5.75 Å². The Balaban J connectivity index is 1.60. The van der Waals surface area contributed by atoms with Gasteiger partial charge in [-0.05, 0) is 35.4 Å². The van der Waals surface area contributed by atoms with Crippen molar-refractivity contribution in [3.8, 4) is 5.75 Å². The zero-order valence-electron chi connectivity index (χ0n) is 13.1. The molecule has 1 amide bonds. The molecule has 0 aromatic heterocycles. The monoisotopic (exact) mass is 346 g/mol. The lowest BCUT2D eigenvalue weighted by molar-refractivity contribution is -0.119. The van der Waals surface area contributed by atoms with Gasteiger partial charge in [0.2, 0.25) is 5.91 Å². The summed E-state index contributed by atoms with van der Waals surface area (Å²) < 4.78 is 18.8. The van der Waals surface area contributed by atoms with Crippen LogP contribution >= 0.6 is 11.8 Å². The highest BCUT2D eigenvalue weighted by Crippen LogP contribution is 2.26. The van der Waals surface area contributed by atoms with Crippen molar-refractivity contribution in [3.63, 3.8) is 0 Å². The summed E-state index contributed by atoms with van der Waals surface area (Å²) in [7, 11) is 0. The zero-order valence-corrected chi connectivity index (χ0v) is 13.9. The summed E-state index contributed by atoms with van der Waals surface area (Å²) in [4.78, 5) is 11.3. The van der Waals surface area contributed by atoms with Crippen molar-refractivity contribution in [2.75, 3.05) is 11.5 Å². The number of primary amides is 1. The zero-order chi connectivity index (χ0) is 16.9. The predicted octanol–water partition coefficient (Wildman–Crippen LogP) is 2.64. The Morgan fingerprint density at radius 3 is 2.75 bits per heavy atom. The van der Waals surface area contributed by atoms with E-state index in [0.717, 1.165) is 22.6 Å². The molecule has 0 radical (unpaired) electrons. The molecule has 0 spiro atoms. The van der Waals surface area contributed by atoms with Gasteiger partial charge in [-0.2, -0.15) is 11.8 Å². The van der Waals surface area contributed by atoms with Gasteiger partial charge in [0.15, 0.2) is 0 Å². The number of ether oxygens (including phenoxy) is 1. The molecule has 6 heteroatoms. The minimum absolute atomic E-state index is 0.0959. The highest BCUT2D eigenvalue weighted by Gasteiger charge is 2.25. The molecule has 1 heterocycles. The van der Waals surface area contributed by atoms with Gasteiger partial charge in [-0.25, -0.2) is 4.39 Å². The minimum Gasteiger partial charge on any atom is -0.489 e. The Kier molecular flexibility index (Phi) is 5.37. The Labute approximate surface area is 144 Å². The molecule has 1 fully saturated rings. The van der Waals surface area contributed by atoms with Gasteiger partial charge in [-0.15, -0.1) is 0 Å². The van der Waals surface area contributed by atoms with Crippen molar-refractivity contribution in [1.82, 2.24) is 5.32 Å². The van der Waals surface area contributed by atoms with Gasteiger partial charge in [-0.3, -0.25) is 10.1 Å². The van der Waals surface area contributed by atoms with Crippen molar-refractivity contribution in [2.45, 2.75) is 18.7 Å². The first-order valence-corrected chi connectivity index (χ1v) is 8.87. The maximum atomic E-state index is 13.1. The normalized spacial score (nSPS) is 20.5. The Bertz CT molecular complexity index is 708. The molecule has 24 heavy (non-hydrogen) atoms. The summed E-state index contributed by atoms with van der Waals surface area (Å²) in [5.41, 5.74) is 7.25. The fourth-order valence-electron chi connectivity index (χ4n) is 2.59. The fourth-order valence-corrected chi connectivity index (χ4v) is 3.75. The third kappa shape index (κ3) is 4.27. The SMILES string of the molecule is NC(=O)[C@@H]1CSC[C@H](c2ccc(OCc3cccc(F)c3)cc2)N1. The van der Waals surface area contributed by atoms with Crippen molar-refractivity contribution in [1.29, 1.82) is 0 Å². The molecular formula is C18H19FN2O2S. The van der Waals surface area contributed by atoms with Crippen LogP contribution < -0.4 is 15.8 Å². The summed E-state index contributed by atoms with van der Waals surface area (Å²) in [6.07, 6.45) is 0. The van der Waals surface area contributed by atoms with Gasteiger partial charge in [0.05, 0.1) is 6.04 Å². The first-order valence-electron chi connectivity index (χ1n) is 7.72. The van der Waals surface area contributed by atoms with Crippen LogP contribution in [0.4, 0.5) is 4.39 Å². The topological polar surface area (TPSA) is 64.4 Å². The average molecular weight is 346 g/mol. The lowest BCUT2D eigenvalue weighted by Crippen LogP contribution is -2.48. The van der Waals surface area contributed by atoms with E-state index >= 15 is 0 Å². The smallest absolute Gasteiger partial charge is 0.235 e. The highest BCUT2D eigenvalue weighted by molar-refractivity contribution is 7.99. The van der Waals surface area contributed by atoms with Gasteiger partial charge in [0, 0.05) is 17.5 Å². The first kappa shape index (κ1) is 16.8. The van der Waals surface area contributed by atoms with Crippen LogP contribution in [0.25, 0.3) is 0 Å². The second-order valence-electron chi connectivity index (χ2n) is 5.70. The first-order chi connectivity index (χ1) is 11.6. The molecule has 4 nitrogen and oxygen atoms in total. The molecular weight excluding hydrogens is 327 g/mol. The van der Waals surface area contributed by atoms with Gasteiger partial charge in [0.25, 0.3) is 0 Å². The Hall–Kier alpha value is -2.05. The quantitative estimate of drug-likeness (QED) is 0.874. The van der Waals surface area contributed by atoms with Crippen LogP contribution in [0.3, 0.4) is 0 Å². The van der Waals surface area contributed by atoms with Crippen molar-refractivity contribution < 1.29 is 13.9 Å². The van der Waals surface area contributed by atoms with Crippen LogP contribution in [0.15, 0.2) is 48.5 Å². The molecule has 0 unspecified atom stereocenters. The Morgan fingerprint density at radius 1 is 1.25 bits per heavy atom. The van der Waals surface area contributed by atoms with E-state index in [4.69, 9.17) is 10.5 Å². The lowest BCUT2D eigenvalue weighted by Gasteiger charge is -2.29. The van der Waals surface area contributed by atoms with Crippen molar-refractivity contribution in [2.24, 2.45) is 5.73 Å². The minimum atomic E-state index is -0.317. The second-order valence-corrected chi connectivity index (χ2v) is 6.77. The molecule has 1 aliphatic heterocycles. The maximum Gasteiger partial charge on any atom is 0.235 e. The number of hydrogen-bond donors (Lipinski definition) is 2. The van der Waals surface area contributed by atoms with Gasteiger partial charge < -0.3 is 10.5 Å².